The van der Waals surface area contributed by atoms with Gasteiger partial charge in [0.15, 0.2) is 5.82 Å². The molecule has 5 nitrogen and oxygen atoms in total. The van der Waals surface area contributed by atoms with Crippen LogP contribution >= 0.6 is 0 Å². The fourth-order valence-corrected chi connectivity index (χ4v) is 2.74. The van der Waals surface area contributed by atoms with Crippen LogP contribution in [-0.4, -0.2) is 39.7 Å². The van der Waals surface area contributed by atoms with Crippen molar-refractivity contribution in [3.8, 4) is 0 Å². The Bertz CT molecular complexity index is 385. The molecule has 0 radical (unpaired) electrons. The molecule has 1 saturated heterocycles. The van der Waals surface area contributed by atoms with Crippen molar-refractivity contribution in [3.63, 3.8) is 0 Å². The topological polar surface area (TPSA) is 60.2 Å². The van der Waals surface area contributed by atoms with Gasteiger partial charge in [-0.25, -0.2) is 9.67 Å². The molecule has 1 aromatic heterocycles. The van der Waals surface area contributed by atoms with E-state index in [-0.39, 0.29) is 12.6 Å². The van der Waals surface area contributed by atoms with Gasteiger partial charge >= 0.3 is 0 Å². The van der Waals surface area contributed by atoms with Gasteiger partial charge in [-0.15, -0.1) is 0 Å². The molecule has 0 saturated carbocycles. The van der Waals surface area contributed by atoms with Crippen LogP contribution in [0.5, 0.6) is 0 Å². The van der Waals surface area contributed by atoms with E-state index in [2.05, 4.69) is 10.1 Å². The van der Waals surface area contributed by atoms with Crippen LogP contribution < -0.4 is 0 Å². The Balaban J connectivity index is 1.84. The lowest BCUT2D eigenvalue weighted by Gasteiger charge is -2.21. The Morgan fingerprint density at radius 2 is 2.29 bits per heavy atom. The molecule has 94 valence electrons. The number of aromatic nitrogens is 3. The lowest BCUT2D eigenvalue weighted by atomic mass is 10.0. The van der Waals surface area contributed by atoms with Crippen molar-refractivity contribution in [3.05, 3.63) is 11.6 Å². The summed E-state index contributed by atoms with van der Waals surface area (Å²) in [5, 5.41) is 13.9. The van der Waals surface area contributed by atoms with Crippen LogP contribution in [0.25, 0.3) is 0 Å². The summed E-state index contributed by atoms with van der Waals surface area (Å²) in [7, 11) is 0. The Labute approximate surface area is 101 Å². The number of aryl methyl sites for hydroxylation is 1. The standard InChI is InChI=1S/C12H19N3O2/c16-7-10-4-1-5-11-13-12(14-15(10)11)9-3-2-6-17-8-9/h9-10,16H,1-8H2. The van der Waals surface area contributed by atoms with Crippen LogP contribution in [0.4, 0.5) is 0 Å². The number of ether oxygens (including phenoxy) is 1. The molecule has 0 aromatic carbocycles. The first-order chi connectivity index (χ1) is 8.38. The van der Waals surface area contributed by atoms with Crippen molar-refractivity contribution in [2.75, 3.05) is 19.8 Å². The van der Waals surface area contributed by atoms with Crippen molar-refractivity contribution in [1.29, 1.82) is 0 Å². The highest BCUT2D eigenvalue weighted by atomic mass is 16.5. The summed E-state index contributed by atoms with van der Waals surface area (Å²) in [6, 6.07) is 0.129. The highest BCUT2D eigenvalue weighted by Crippen LogP contribution is 2.27. The predicted octanol–water partition coefficient (Wildman–Crippen LogP) is 1.04. The first kappa shape index (κ1) is 11.2. The zero-order chi connectivity index (χ0) is 11.7. The van der Waals surface area contributed by atoms with Gasteiger partial charge in [-0.3, -0.25) is 0 Å². The fraction of sp³-hybridized carbons (Fsp3) is 0.833. The molecule has 0 aliphatic carbocycles. The maximum absolute atomic E-state index is 9.34. The van der Waals surface area contributed by atoms with E-state index in [1.54, 1.807) is 0 Å². The summed E-state index contributed by atoms with van der Waals surface area (Å²) in [6.07, 6.45) is 5.31. The number of hydrogen-bond acceptors (Lipinski definition) is 4. The molecule has 1 fully saturated rings. The largest absolute Gasteiger partial charge is 0.394 e. The van der Waals surface area contributed by atoms with Crippen molar-refractivity contribution in [2.24, 2.45) is 0 Å². The number of hydrogen-bond donors (Lipinski definition) is 1. The Morgan fingerprint density at radius 3 is 3.06 bits per heavy atom. The zero-order valence-corrected chi connectivity index (χ0v) is 10.0. The minimum atomic E-state index is 0.129. The zero-order valence-electron chi connectivity index (χ0n) is 10.0. The normalized spacial score (nSPS) is 29.0. The van der Waals surface area contributed by atoms with Crippen molar-refractivity contribution in [2.45, 2.75) is 44.1 Å². The van der Waals surface area contributed by atoms with Gasteiger partial charge in [0.25, 0.3) is 0 Å². The average Bonchev–Trinajstić information content (AvgIpc) is 2.83. The van der Waals surface area contributed by atoms with Crippen LogP contribution in [0.2, 0.25) is 0 Å². The van der Waals surface area contributed by atoms with E-state index in [0.717, 1.165) is 57.0 Å². The van der Waals surface area contributed by atoms with Gasteiger partial charge in [0.05, 0.1) is 19.3 Å². The molecule has 2 aliphatic heterocycles. The summed E-state index contributed by atoms with van der Waals surface area (Å²) < 4.78 is 7.42. The van der Waals surface area contributed by atoms with Gasteiger partial charge in [0.1, 0.15) is 5.82 Å². The number of fused-ring (bicyclic) bond motifs is 1. The van der Waals surface area contributed by atoms with E-state index in [1.807, 2.05) is 4.68 Å². The second-order valence-electron chi connectivity index (χ2n) is 4.97. The molecule has 2 aliphatic rings. The minimum absolute atomic E-state index is 0.129. The van der Waals surface area contributed by atoms with Crippen LogP contribution in [-0.2, 0) is 11.2 Å². The second-order valence-corrected chi connectivity index (χ2v) is 4.97. The third-order valence-corrected chi connectivity index (χ3v) is 3.74. The molecule has 1 aromatic rings. The maximum atomic E-state index is 9.34. The molecule has 2 atom stereocenters. The predicted molar refractivity (Wildman–Crippen MR) is 61.9 cm³/mol. The highest BCUT2D eigenvalue weighted by Gasteiger charge is 2.26. The summed E-state index contributed by atoms with van der Waals surface area (Å²) in [5.74, 6) is 2.30. The molecule has 0 spiro atoms. The second kappa shape index (κ2) is 4.74. The molecular weight excluding hydrogens is 218 g/mol. The van der Waals surface area contributed by atoms with Gasteiger partial charge in [0, 0.05) is 18.9 Å². The number of nitrogens with zero attached hydrogens (tertiary/aromatic N) is 3. The van der Waals surface area contributed by atoms with Crippen LogP contribution in [0.3, 0.4) is 0 Å². The Hall–Kier alpha value is -0.940. The summed E-state index contributed by atoms with van der Waals surface area (Å²) in [5.41, 5.74) is 0. The van der Waals surface area contributed by atoms with Crippen molar-refractivity contribution < 1.29 is 9.84 Å². The summed E-state index contributed by atoms with van der Waals surface area (Å²) in [6.45, 7) is 1.77. The van der Waals surface area contributed by atoms with Crippen LogP contribution in [0, 0.1) is 0 Å². The first-order valence-electron chi connectivity index (χ1n) is 6.52. The molecule has 5 heteroatoms. The van der Waals surface area contributed by atoms with E-state index in [4.69, 9.17) is 4.74 Å². The lowest BCUT2D eigenvalue weighted by molar-refractivity contribution is 0.0778. The SMILES string of the molecule is OCC1CCCc2nc(C3CCCOC3)nn21. The highest BCUT2D eigenvalue weighted by molar-refractivity contribution is 5.03. The molecule has 0 bridgehead atoms. The maximum Gasteiger partial charge on any atom is 0.156 e. The van der Waals surface area contributed by atoms with Crippen molar-refractivity contribution in [1.82, 2.24) is 14.8 Å². The number of rotatable bonds is 2. The molecule has 3 heterocycles. The molecule has 3 rings (SSSR count). The third kappa shape index (κ3) is 2.09. The molecular formula is C12H19N3O2. The van der Waals surface area contributed by atoms with Gasteiger partial charge in [-0.1, -0.05) is 0 Å². The van der Waals surface area contributed by atoms with Crippen molar-refractivity contribution >= 4 is 0 Å². The van der Waals surface area contributed by atoms with E-state index < -0.39 is 0 Å². The molecule has 2 unspecified atom stereocenters. The molecule has 1 N–H and O–H groups in total. The van der Waals surface area contributed by atoms with E-state index in [1.165, 1.54) is 0 Å². The van der Waals surface area contributed by atoms with E-state index in [0.29, 0.717) is 5.92 Å². The monoisotopic (exact) mass is 237 g/mol. The smallest absolute Gasteiger partial charge is 0.156 e. The Morgan fingerprint density at radius 1 is 1.35 bits per heavy atom. The van der Waals surface area contributed by atoms with Gasteiger partial charge in [0.2, 0.25) is 0 Å². The van der Waals surface area contributed by atoms with E-state index in [9.17, 15) is 5.11 Å². The fourth-order valence-electron chi connectivity index (χ4n) is 2.74. The van der Waals surface area contributed by atoms with Gasteiger partial charge in [-0.2, -0.15) is 5.10 Å². The lowest BCUT2D eigenvalue weighted by Crippen LogP contribution is -2.22. The quantitative estimate of drug-likeness (QED) is 0.835. The molecule has 17 heavy (non-hydrogen) atoms. The average molecular weight is 237 g/mol. The van der Waals surface area contributed by atoms with Crippen LogP contribution in [0.1, 0.15) is 49.3 Å². The van der Waals surface area contributed by atoms with Gasteiger partial charge in [-0.05, 0) is 25.7 Å². The Kier molecular flexibility index (Phi) is 3.11. The molecule has 0 amide bonds. The number of aliphatic hydroxyl groups is 1. The van der Waals surface area contributed by atoms with Crippen LogP contribution in [0.15, 0.2) is 0 Å². The number of aliphatic hydroxyl groups excluding tert-OH is 1. The van der Waals surface area contributed by atoms with Gasteiger partial charge < -0.3 is 9.84 Å². The van der Waals surface area contributed by atoms with E-state index >= 15 is 0 Å². The summed E-state index contributed by atoms with van der Waals surface area (Å²) >= 11 is 0. The summed E-state index contributed by atoms with van der Waals surface area (Å²) in [4.78, 5) is 4.63. The third-order valence-electron chi connectivity index (χ3n) is 3.74. The minimum Gasteiger partial charge on any atom is -0.394 e. The first-order valence-corrected chi connectivity index (χ1v) is 6.52.